The molecule has 4 rings (SSSR count). The molecule has 0 unspecified atom stereocenters. The maximum Gasteiger partial charge on any atom is 0.262 e. The molecule has 0 spiro atoms. The van der Waals surface area contributed by atoms with Crippen LogP contribution in [0, 0.1) is 0 Å². The van der Waals surface area contributed by atoms with Crippen LogP contribution in [0.15, 0.2) is 83.7 Å². The number of benzene rings is 1. The second-order valence-electron chi connectivity index (χ2n) is 5.68. The van der Waals surface area contributed by atoms with E-state index in [1.807, 2.05) is 24.3 Å². The Kier molecular flexibility index (Phi) is 4.65. The van der Waals surface area contributed by atoms with E-state index in [9.17, 15) is 4.79 Å². The molecule has 0 bridgehead atoms. The zero-order valence-electron chi connectivity index (χ0n) is 14.3. The number of carbonyl (C=O) groups excluding carboxylic acids is 1. The van der Waals surface area contributed by atoms with Crippen molar-refractivity contribution in [3.63, 3.8) is 0 Å². The van der Waals surface area contributed by atoms with Crippen molar-refractivity contribution in [1.82, 2.24) is 14.8 Å². The standard InChI is InChI=1S/C20H16N4O3/c25-19(23-18-10-12-22-24(18)14-16-8-5-13-26-16)17-9-4-11-21-20(17)27-15-6-2-1-3-7-15/h1-13H,14H2,(H,23,25). The number of rotatable bonds is 6. The van der Waals surface area contributed by atoms with Gasteiger partial charge in [0.25, 0.3) is 5.91 Å². The van der Waals surface area contributed by atoms with Crippen molar-refractivity contribution >= 4 is 11.7 Å². The molecule has 0 aliphatic rings. The molecule has 3 heterocycles. The lowest BCUT2D eigenvalue weighted by Crippen LogP contribution is -2.17. The summed E-state index contributed by atoms with van der Waals surface area (Å²) in [5.74, 6) is 1.79. The minimum atomic E-state index is -0.338. The van der Waals surface area contributed by atoms with Gasteiger partial charge in [-0.2, -0.15) is 5.10 Å². The number of furan rings is 1. The number of hydrogen-bond donors (Lipinski definition) is 1. The Morgan fingerprint density at radius 3 is 2.74 bits per heavy atom. The van der Waals surface area contributed by atoms with Gasteiger partial charge in [-0.05, 0) is 36.4 Å². The van der Waals surface area contributed by atoms with Crippen LogP contribution in [0.1, 0.15) is 16.1 Å². The smallest absolute Gasteiger partial charge is 0.262 e. The molecule has 0 aliphatic heterocycles. The number of amides is 1. The van der Waals surface area contributed by atoms with E-state index < -0.39 is 0 Å². The summed E-state index contributed by atoms with van der Waals surface area (Å²) in [5, 5.41) is 7.07. The number of nitrogens with one attached hydrogen (secondary N) is 1. The lowest BCUT2D eigenvalue weighted by Gasteiger charge is -2.11. The van der Waals surface area contributed by atoms with Crippen molar-refractivity contribution in [1.29, 1.82) is 0 Å². The summed E-state index contributed by atoms with van der Waals surface area (Å²) in [4.78, 5) is 17.0. The van der Waals surface area contributed by atoms with Gasteiger partial charge in [0, 0.05) is 12.3 Å². The van der Waals surface area contributed by atoms with E-state index in [0.717, 1.165) is 5.76 Å². The van der Waals surface area contributed by atoms with Crippen LogP contribution in [0.3, 0.4) is 0 Å². The third-order valence-corrected chi connectivity index (χ3v) is 3.82. The predicted molar refractivity (Wildman–Crippen MR) is 98.7 cm³/mol. The highest BCUT2D eigenvalue weighted by molar-refractivity contribution is 6.05. The van der Waals surface area contributed by atoms with E-state index in [4.69, 9.17) is 9.15 Å². The molecule has 7 nitrogen and oxygen atoms in total. The summed E-state index contributed by atoms with van der Waals surface area (Å²) in [5.41, 5.74) is 0.326. The Bertz CT molecular complexity index is 1030. The first-order valence-corrected chi connectivity index (χ1v) is 8.33. The first-order chi connectivity index (χ1) is 13.3. The molecule has 27 heavy (non-hydrogen) atoms. The average molecular weight is 360 g/mol. The highest BCUT2D eigenvalue weighted by Gasteiger charge is 2.16. The zero-order valence-corrected chi connectivity index (χ0v) is 14.3. The maximum atomic E-state index is 12.8. The molecule has 0 fully saturated rings. The Balaban J connectivity index is 1.53. The second kappa shape index (κ2) is 7.57. The van der Waals surface area contributed by atoms with Gasteiger partial charge in [-0.15, -0.1) is 0 Å². The SMILES string of the molecule is O=C(Nc1ccnn1Cc1ccco1)c1cccnc1Oc1ccccc1. The van der Waals surface area contributed by atoms with Gasteiger partial charge in [0.1, 0.15) is 29.4 Å². The molecule has 1 aromatic carbocycles. The molecule has 0 saturated carbocycles. The van der Waals surface area contributed by atoms with Gasteiger partial charge in [0.15, 0.2) is 0 Å². The number of para-hydroxylation sites is 1. The van der Waals surface area contributed by atoms with E-state index >= 15 is 0 Å². The summed E-state index contributed by atoms with van der Waals surface area (Å²) < 4.78 is 12.7. The number of aromatic nitrogens is 3. The van der Waals surface area contributed by atoms with Gasteiger partial charge in [0.2, 0.25) is 5.88 Å². The van der Waals surface area contributed by atoms with Crippen LogP contribution in [-0.4, -0.2) is 20.7 Å². The summed E-state index contributed by atoms with van der Waals surface area (Å²) in [6, 6.07) is 17.9. The van der Waals surface area contributed by atoms with Crippen LogP contribution in [0.2, 0.25) is 0 Å². The zero-order chi connectivity index (χ0) is 18.5. The third-order valence-electron chi connectivity index (χ3n) is 3.82. The number of carbonyl (C=O) groups is 1. The third kappa shape index (κ3) is 3.87. The summed E-state index contributed by atoms with van der Waals surface area (Å²) >= 11 is 0. The molecule has 3 aromatic heterocycles. The average Bonchev–Trinajstić information content (AvgIpc) is 3.36. The molecule has 134 valence electrons. The van der Waals surface area contributed by atoms with Crippen molar-refractivity contribution < 1.29 is 13.9 Å². The van der Waals surface area contributed by atoms with Crippen molar-refractivity contribution in [2.45, 2.75) is 6.54 Å². The van der Waals surface area contributed by atoms with Crippen molar-refractivity contribution in [2.24, 2.45) is 0 Å². The molecule has 7 heteroatoms. The summed E-state index contributed by atoms with van der Waals surface area (Å²) in [6.07, 6.45) is 4.79. The highest BCUT2D eigenvalue weighted by Crippen LogP contribution is 2.23. The Labute approximate surface area is 155 Å². The summed E-state index contributed by atoms with van der Waals surface area (Å²) in [7, 11) is 0. The van der Waals surface area contributed by atoms with Gasteiger partial charge in [-0.25, -0.2) is 9.67 Å². The molecular weight excluding hydrogens is 344 g/mol. The van der Waals surface area contributed by atoms with Gasteiger partial charge in [-0.1, -0.05) is 18.2 Å². The Hall–Kier alpha value is -3.87. The fraction of sp³-hybridized carbons (Fsp3) is 0.0500. The normalized spacial score (nSPS) is 10.5. The van der Waals surface area contributed by atoms with Crippen LogP contribution in [0.25, 0.3) is 0 Å². The molecule has 0 aliphatic carbocycles. The fourth-order valence-corrected chi connectivity index (χ4v) is 2.54. The maximum absolute atomic E-state index is 12.8. The monoisotopic (exact) mass is 360 g/mol. The minimum Gasteiger partial charge on any atom is -0.467 e. The first-order valence-electron chi connectivity index (χ1n) is 8.33. The van der Waals surface area contributed by atoms with Crippen LogP contribution >= 0.6 is 0 Å². The number of ether oxygens (including phenoxy) is 1. The van der Waals surface area contributed by atoms with Crippen molar-refractivity contribution in [3.05, 3.63) is 90.6 Å². The van der Waals surface area contributed by atoms with E-state index in [1.54, 1.807) is 59.7 Å². The molecule has 0 radical (unpaired) electrons. The van der Waals surface area contributed by atoms with Crippen LogP contribution in [-0.2, 0) is 6.54 Å². The van der Waals surface area contributed by atoms with Crippen LogP contribution in [0.4, 0.5) is 5.82 Å². The van der Waals surface area contributed by atoms with E-state index in [-0.39, 0.29) is 11.8 Å². The largest absolute Gasteiger partial charge is 0.467 e. The molecular formula is C20H16N4O3. The minimum absolute atomic E-state index is 0.235. The molecule has 1 amide bonds. The Morgan fingerprint density at radius 1 is 1.04 bits per heavy atom. The number of hydrogen-bond acceptors (Lipinski definition) is 5. The van der Waals surface area contributed by atoms with Gasteiger partial charge < -0.3 is 14.5 Å². The van der Waals surface area contributed by atoms with Gasteiger partial charge >= 0.3 is 0 Å². The number of pyridine rings is 1. The highest BCUT2D eigenvalue weighted by atomic mass is 16.5. The molecule has 1 N–H and O–H groups in total. The molecule has 0 atom stereocenters. The van der Waals surface area contributed by atoms with Crippen LogP contribution in [0.5, 0.6) is 11.6 Å². The first kappa shape index (κ1) is 16.6. The topological polar surface area (TPSA) is 82.2 Å². The van der Waals surface area contributed by atoms with Crippen LogP contribution < -0.4 is 10.1 Å². The van der Waals surface area contributed by atoms with Gasteiger partial charge in [-0.3, -0.25) is 4.79 Å². The van der Waals surface area contributed by atoms with Crippen molar-refractivity contribution in [3.8, 4) is 11.6 Å². The number of nitrogens with zero attached hydrogens (tertiary/aromatic N) is 3. The van der Waals surface area contributed by atoms with Gasteiger partial charge in [0.05, 0.1) is 12.5 Å². The second-order valence-corrected chi connectivity index (χ2v) is 5.68. The lowest BCUT2D eigenvalue weighted by atomic mass is 10.2. The summed E-state index contributed by atoms with van der Waals surface area (Å²) in [6.45, 7) is 0.413. The predicted octanol–water partition coefficient (Wildman–Crippen LogP) is 3.96. The lowest BCUT2D eigenvalue weighted by molar-refractivity contribution is 0.102. The Morgan fingerprint density at radius 2 is 1.93 bits per heavy atom. The van der Waals surface area contributed by atoms with Crippen molar-refractivity contribution in [2.75, 3.05) is 5.32 Å². The van der Waals surface area contributed by atoms with E-state index in [2.05, 4.69) is 15.4 Å². The van der Waals surface area contributed by atoms with E-state index in [0.29, 0.717) is 23.7 Å². The number of anilines is 1. The van der Waals surface area contributed by atoms with E-state index in [1.165, 1.54) is 0 Å². The fourth-order valence-electron chi connectivity index (χ4n) is 2.54. The molecule has 0 saturated heterocycles. The molecule has 4 aromatic rings. The quantitative estimate of drug-likeness (QED) is 0.563.